The van der Waals surface area contributed by atoms with Crippen molar-refractivity contribution < 1.29 is 22.8 Å². The molecule has 32 heavy (non-hydrogen) atoms. The van der Waals surface area contributed by atoms with Gasteiger partial charge in [-0.3, -0.25) is 9.59 Å². The molecule has 2 N–H and O–H groups in total. The Bertz CT molecular complexity index is 1130. The number of nitrogens with one attached hydrogen (secondary N) is 2. The van der Waals surface area contributed by atoms with Gasteiger partial charge in [-0.1, -0.05) is 30.3 Å². The fourth-order valence-electron chi connectivity index (χ4n) is 3.30. The largest absolute Gasteiger partial charge is 0.416 e. The molecule has 0 unspecified atom stereocenters. The van der Waals surface area contributed by atoms with Gasteiger partial charge in [-0.25, -0.2) is 4.68 Å². The molecule has 1 aromatic heterocycles. The highest BCUT2D eigenvalue weighted by Gasteiger charge is 2.30. The summed E-state index contributed by atoms with van der Waals surface area (Å²) in [6.07, 6.45) is -4.47. The van der Waals surface area contributed by atoms with E-state index < -0.39 is 17.6 Å². The van der Waals surface area contributed by atoms with Crippen molar-refractivity contribution in [2.45, 2.75) is 30.8 Å². The molecule has 10 heteroatoms. The Labute approximate surface area is 186 Å². The summed E-state index contributed by atoms with van der Waals surface area (Å²) in [5.74, 6) is 0.850. The summed E-state index contributed by atoms with van der Waals surface area (Å²) in [7, 11) is 0. The second-order valence-electron chi connectivity index (χ2n) is 7.22. The second kappa shape index (κ2) is 9.07. The van der Waals surface area contributed by atoms with E-state index in [1.807, 2.05) is 30.3 Å². The number of rotatable bonds is 6. The molecule has 0 saturated heterocycles. The molecule has 2 amide bonds. The summed E-state index contributed by atoms with van der Waals surface area (Å²) < 4.78 is 39.7. The Kier molecular flexibility index (Phi) is 6.22. The number of hydrogen-bond acceptors (Lipinski definition) is 4. The zero-order chi connectivity index (χ0) is 22.7. The van der Waals surface area contributed by atoms with Crippen LogP contribution < -0.4 is 10.6 Å². The minimum absolute atomic E-state index is 0.0821. The number of benzene rings is 2. The topological polar surface area (TPSA) is 76.0 Å². The Morgan fingerprint density at radius 3 is 2.44 bits per heavy atom. The van der Waals surface area contributed by atoms with E-state index in [1.54, 1.807) is 11.8 Å². The third kappa shape index (κ3) is 4.96. The van der Waals surface area contributed by atoms with Crippen LogP contribution in [0.5, 0.6) is 0 Å². The van der Waals surface area contributed by atoms with Crippen molar-refractivity contribution in [3.05, 3.63) is 82.5 Å². The lowest BCUT2D eigenvalue weighted by Gasteiger charge is -2.12. The van der Waals surface area contributed by atoms with Crippen molar-refractivity contribution >= 4 is 29.4 Å². The summed E-state index contributed by atoms with van der Waals surface area (Å²) in [5, 5.41) is 10.0. The number of hydrogen-bond donors (Lipinski definition) is 2. The number of carbonyl (C=O) groups is 2. The molecule has 1 aliphatic rings. The lowest BCUT2D eigenvalue weighted by atomic mass is 10.1. The maximum atomic E-state index is 12.8. The van der Waals surface area contributed by atoms with Crippen LogP contribution in [0.1, 0.15) is 32.7 Å². The lowest BCUT2D eigenvalue weighted by Crippen LogP contribution is -2.28. The number of fused-ring (bicyclic) bond motifs is 1. The summed E-state index contributed by atoms with van der Waals surface area (Å²) in [6.45, 7) is 0.275. The van der Waals surface area contributed by atoms with Gasteiger partial charge in [0.05, 0.1) is 11.3 Å². The zero-order valence-corrected chi connectivity index (χ0v) is 17.6. The van der Waals surface area contributed by atoms with Crippen LogP contribution in [0.4, 0.5) is 19.0 Å². The van der Waals surface area contributed by atoms with Crippen LogP contribution in [-0.4, -0.2) is 21.6 Å². The van der Waals surface area contributed by atoms with Gasteiger partial charge in [0.2, 0.25) is 5.91 Å². The number of anilines is 1. The standard InChI is InChI=1S/C22H19F3N4O2S/c23-22(24,25)16-8-6-15(7-9-16)21(31)27-20-17-12-32-13-18(17)28-29(20)11-19(30)26-10-14-4-2-1-3-5-14/h1-9H,10-13H2,(H,26,30)(H,27,31). The van der Waals surface area contributed by atoms with Gasteiger partial charge in [0.15, 0.2) is 0 Å². The van der Waals surface area contributed by atoms with Gasteiger partial charge in [-0.05, 0) is 29.8 Å². The molecule has 0 atom stereocenters. The third-order valence-electron chi connectivity index (χ3n) is 4.95. The minimum atomic E-state index is -4.47. The summed E-state index contributed by atoms with van der Waals surface area (Å²) in [4.78, 5) is 25.1. The molecule has 0 saturated carbocycles. The quantitative estimate of drug-likeness (QED) is 0.578. The van der Waals surface area contributed by atoms with E-state index in [2.05, 4.69) is 15.7 Å². The first-order valence-corrected chi connectivity index (χ1v) is 10.9. The Morgan fingerprint density at radius 1 is 1.03 bits per heavy atom. The molecule has 0 radical (unpaired) electrons. The van der Waals surface area contributed by atoms with Crippen molar-refractivity contribution in [2.75, 3.05) is 5.32 Å². The molecule has 0 aliphatic carbocycles. The van der Waals surface area contributed by atoms with Crippen LogP contribution >= 0.6 is 11.8 Å². The Morgan fingerprint density at radius 2 is 1.75 bits per heavy atom. The first-order valence-electron chi connectivity index (χ1n) is 9.77. The first kappa shape index (κ1) is 21.9. The van der Waals surface area contributed by atoms with E-state index in [1.165, 1.54) is 4.68 Å². The third-order valence-corrected chi connectivity index (χ3v) is 5.92. The van der Waals surface area contributed by atoms with E-state index in [0.29, 0.717) is 23.9 Å². The second-order valence-corrected chi connectivity index (χ2v) is 8.20. The maximum Gasteiger partial charge on any atom is 0.416 e. The molecule has 0 bridgehead atoms. The van der Waals surface area contributed by atoms with Gasteiger partial charge in [0.25, 0.3) is 5.91 Å². The maximum absolute atomic E-state index is 12.8. The first-order chi connectivity index (χ1) is 15.3. The predicted octanol–water partition coefficient (Wildman–Crippen LogP) is 4.22. The normalized spacial score (nSPS) is 13.0. The van der Waals surface area contributed by atoms with Gasteiger partial charge < -0.3 is 10.6 Å². The predicted molar refractivity (Wildman–Crippen MR) is 115 cm³/mol. The molecule has 2 aromatic carbocycles. The van der Waals surface area contributed by atoms with Crippen LogP contribution in [0.15, 0.2) is 54.6 Å². The van der Waals surface area contributed by atoms with Crippen LogP contribution in [0.2, 0.25) is 0 Å². The highest BCUT2D eigenvalue weighted by atomic mass is 32.2. The smallest absolute Gasteiger partial charge is 0.350 e. The molecular formula is C22H19F3N4O2S. The number of nitrogens with zero attached hydrogens (tertiary/aromatic N) is 2. The van der Waals surface area contributed by atoms with E-state index >= 15 is 0 Å². The van der Waals surface area contributed by atoms with E-state index in [0.717, 1.165) is 41.1 Å². The number of amides is 2. The summed E-state index contributed by atoms with van der Waals surface area (Å²) in [5.41, 5.74) is 1.82. The Hall–Kier alpha value is -3.27. The number of halogens is 3. The fraction of sp³-hybridized carbons (Fsp3) is 0.227. The van der Waals surface area contributed by atoms with Gasteiger partial charge in [0.1, 0.15) is 12.4 Å². The van der Waals surface area contributed by atoms with Crippen molar-refractivity contribution in [3.8, 4) is 0 Å². The van der Waals surface area contributed by atoms with Gasteiger partial charge in [-0.2, -0.15) is 30.0 Å². The molecule has 3 aromatic rings. The average Bonchev–Trinajstić information content (AvgIpc) is 3.35. The van der Waals surface area contributed by atoms with E-state index in [4.69, 9.17) is 0 Å². The molecule has 0 fully saturated rings. The number of alkyl halides is 3. The molecule has 0 spiro atoms. The monoisotopic (exact) mass is 460 g/mol. The van der Waals surface area contributed by atoms with Gasteiger partial charge in [-0.15, -0.1) is 0 Å². The Balaban J connectivity index is 1.47. The highest BCUT2D eigenvalue weighted by molar-refractivity contribution is 7.98. The van der Waals surface area contributed by atoms with Crippen LogP contribution in [0.3, 0.4) is 0 Å². The van der Waals surface area contributed by atoms with Crippen molar-refractivity contribution in [2.24, 2.45) is 0 Å². The number of thioether (sulfide) groups is 1. The zero-order valence-electron chi connectivity index (χ0n) is 16.8. The van der Waals surface area contributed by atoms with Crippen molar-refractivity contribution in [3.63, 3.8) is 0 Å². The van der Waals surface area contributed by atoms with E-state index in [9.17, 15) is 22.8 Å². The van der Waals surface area contributed by atoms with E-state index in [-0.39, 0.29) is 18.0 Å². The van der Waals surface area contributed by atoms with Gasteiger partial charge >= 0.3 is 6.18 Å². The molecular weight excluding hydrogens is 441 g/mol. The van der Waals surface area contributed by atoms with Crippen molar-refractivity contribution in [1.29, 1.82) is 0 Å². The molecule has 2 heterocycles. The molecule has 1 aliphatic heterocycles. The van der Waals surface area contributed by atoms with Crippen molar-refractivity contribution in [1.82, 2.24) is 15.1 Å². The fourth-order valence-corrected chi connectivity index (χ4v) is 4.33. The average molecular weight is 460 g/mol. The minimum Gasteiger partial charge on any atom is -0.350 e. The van der Waals surface area contributed by atoms with Crippen LogP contribution in [0.25, 0.3) is 0 Å². The van der Waals surface area contributed by atoms with Gasteiger partial charge in [0, 0.05) is 29.2 Å². The SMILES string of the molecule is O=C(Cn1nc2c(c1NC(=O)c1ccc(C(F)(F)F)cc1)CSC2)NCc1ccccc1. The van der Waals surface area contributed by atoms with Crippen LogP contribution in [0, 0.1) is 0 Å². The molecule has 4 rings (SSSR count). The molecule has 6 nitrogen and oxygen atoms in total. The molecule has 166 valence electrons. The van der Waals surface area contributed by atoms with Crippen LogP contribution in [-0.2, 0) is 35.6 Å². The number of aromatic nitrogens is 2. The summed E-state index contributed by atoms with van der Waals surface area (Å²) in [6, 6.07) is 13.4. The number of carbonyl (C=O) groups excluding carboxylic acids is 2. The highest BCUT2D eigenvalue weighted by Crippen LogP contribution is 2.35. The lowest BCUT2D eigenvalue weighted by molar-refractivity contribution is -0.137. The summed E-state index contributed by atoms with van der Waals surface area (Å²) >= 11 is 1.63.